The van der Waals surface area contributed by atoms with E-state index in [1.54, 1.807) is 11.3 Å². The van der Waals surface area contributed by atoms with Crippen molar-refractivity contribution in [2.45, 2.75) is 25.8 Å². The van der Waals surface area contributed by atoms with E-state index in [1.807, 2.05) is 18.7 Å². The number of thioether (sulfide) groups is 1. The van der Waals surface area contributed by atoms with Gasteiger partial charge in [0.05, 0.1) is 5.39 Å². The zero-order chi connectivity index (χ0) is 16.9. The number of nitrogens with zero attached hydrogens (tertiary/aromatic N) is 3. The standard InChI is InChI=1S/C19H23N3S2/c1-4-22(5-2)11-12-23-18-17-16(15-9-7-6-8-10-15)13-24-19(17)21-14(3)20-18/h6-10,13H,4-5,11-12H2,1-3H3. The van der Waals surface area contributed by atoms with Crippen LogP contribution in [-0.2, 0) is 0 Å². The van der Waals surface area contributed by atoms with Gasteiger partial charge in [0.2, 0.25) is 0 Å². The molecule has 0 aliphatic heterocycles. The molecule has 0 amide bonds. The lowest BCUT2D eigenvalue weighted by atomic mass is 10.1. The highest BCUT2D eigenvalue weighted by Crippen LogP contribution is 2.38. The molecule has 126 valence electrons. The van der Waals surface area contributed by atoms with Gasteiger partial charge in [-0.15, -0.1) is 23.1 Å². The summed E-state index contributed by atoms with van der Waals surface area (Å²) < 4.78 is 0. The smallest absolute Gasteiger partial charge is 0.128 e. The maximum absolute atomic E-state index is 4.75. The number of fused-ring (bicyclic) bond motifs is 1. The minimum atomic E-state index is 0.856. The van der Waals surface area contributed by atoms with Crippen molar-refractivity contribution >= 4 is 33.3 Å². The summed E-state index contributed by atoms with van der Waals surface area (Å²) >= 11 is 3.56. The van der Waals surface area contributed by atoms with Crippen LogP contribution in [-0.4, -0.2) is 40.3 Å². The Morgan fingerprint density at radius 2 is 1.83 bits per heavy atom. The highest BCUT2D eigenvalue weighted by molar-refractivity contribution is 7.99. The molecule has 0 saturated carbocycles. The Balaban J connectivity index is 1.93. The van der Waals surface area contributed by atoms with Crippen molar-refractivity contribution in [1.29, 1.82) is 0 Å². The Bertz CT molecular complexity index is 795. The van der Waals surface area contributed by atoms with Crippen molar-refractivity contribution in [2.75, 3.05) is 25.4 Å². The molecule has 0 aliphatic rings. The Morgan fingerprint density at radius 1 is 1.08 bits per heavy atom. The number of aryl methyl sites for hydroxylation is 1. The summed E-state index contributed by atoms with van der Waals surface area (Å²) in [6.07, 6.45) is 0. The van der Waals surface area contributed by atoms with Crippen LogP contribution in [0.4, 0.5) is 0 Å². The third-order valence-electron chi connectivity index (χ3n) is 4.14. The third kappa shape index (κ3) is 3.79. The molecule has 3 aromatic rings. The summed E-state index contributed by atoms with van der Waals surface area (Å²) in [7, 11) is 0. The molecule has 5 heteroatoms. The van der Waals surface area contributed by atoms with Crippen molar-refractivity contribution in [2.24, 2.45) is 0 Å². The van der Waals surface area contributed by atoms with E-state index in [0.717, 1.165) is 41.1 Å². The normalized spacial score (nSPS) is 11.5. The molecule has 3 rings (SSSR count). The second-order valence-electron chi connectivity index (χ2n) is 5.65. The molecule has 0 unspecified atom stereocenters. The second-order valence-corrected chi connectivity index (χ2v) is 7.59. The van der Waals surface area contributed by atoms with E-state index in [9.17, 15) is 0 Å². The highest BCUT2D eigenvalue weighted by Gasteiger charge is 2.14. The average molecular weight is 358 g/mol. The van der Waals surface area contributed by atoms with E-state index in [1.165, 1.54) is 16.5 Å². The molecule has 2 aromatic heterocycles. The van der Waals surface area contributed by atoms with Crippen molar-refractivity contribution in [1.82, 2.24) is 14.9 Å². The zero-order valence-corrected chi connectivity index (χ0v) is 16.1. The van der Waals surface area contributed by atoms with E-state index in [4.69, 9.17) is 4.98 Å². The van der Waals surface area contributed by atoms with Gasteiger partial charge in [-0.25, -0.2) is 9.97 Å². The van der Waals surface area contributed by atoms with E-state index < -0.39 is 0 Å². The van der Waals surface area contributed by atoms with E-state index in [2.05, 4.69) is 59.4 Å². The van der Waals surface area contributed by atoms with Gasteiger partial charge in [0, 0.05) is 23.2 Å². The van der Waals surface area contributed by atoms with Crippen LogP contribution >= 0.6 is 23.1 Å². The lowest BCUT2D eigenvalue weighted by Gasteiger charge is -2.17. The monoisotopic (exact) mass is 357 g/mol. The van der Waals surface area contributed by atoms with Gasteiger partial charge in [-0.3, -0.25) is 0 Å². The molecular formula is C19H23N3S2. The molecule has 0 fully saturated rings. The quantitative estimate of drug-likeness (QED) is 0.434. The van der Waals surface area contributed by atoms with Crippen LogP contribution in [0, 0.1) is 6.92 Å². The molecule has 0 atom stereocenters. The molecule has 0 aliphatic carbocycles. The molecule has 0 radical (unpaired) electrons. The van der Waals surface area contributed by atoms with Crippen LogP contribution in [0.2, 0.25) is 0 Å². The summed E-state index contributed by atoms with van der Waals surface area (Å²) in [4.78, 5) is 12.9. The molecule has 1 aromatic carbocycles. The number of thiophene rings is 1. The minimum absolute atomic E-state index is 0.856. The predicted molar refractivity (Wildman–Crippen MR) is 106 cm³/mol. The van der Waals surface area contributed by atoms with Crippen molar-refractivity contribution in [3.05, 3.63) is 41.5 Å². The number of aromatic nitrogens is 2. The fraction of sp³-hybridized carbons (Fsp3) is 0.368. The molecule has 3 nitrogen and oxygen atoms in total. The lowest BCUT2D eigenvalue weighted by Crippen LogP contribution is -2.25. The summed E-state index contributed by atoms with van der Waals surface area (Å²) in [6.45, 7) is 9.70. The van der Waals surface area contributed by atoms with Gasteiger partial charge >= 0.3 is 0 Å². The first-order chi connectivity index (χ1) is 11.7. The van der Waals surface area contributed by atoms with Gasteiger partial charge in [0.15, 0.2) is 0 Å². The molecule has 0 N–H and O–H groups in total. The third-order valence-corrected chi connectivity index (χ3v) is 5.97. The summed E-state index contributed by atoms with van der Waals surface area (Å²) in [6, 6.07) is 10.5. The van der Waals surface area contributed by atoms with Gasteiger partial charge in [-0.2, -0.15) is 0 Å². The van der Waals surface area contributed by atoms with Crippen molar-refractivity contribution in [3.8, 4) is 11.1 Å². The molecule has 0 saturated heterocycles. The topological polar surface area (TPSA) is 29.0 Å². The predicted octanol–water partition coefficient (Wildman–Crippen LogP) is 5.10. The first-order valence-electron chi connectivity index (χ1n) is 8.39. The van der Waals surface area contributed by atoms with Crippen LogP contribution in [0.15, 0.2) is 40.7 Å². The maximum atomic E-state index is 4.75. The van der Waals surface area contributed by atoms with Gasteiger partial charge < -0.3 is 4.90 Å². The van der Waals surface area contributed by atoms with Crippen LogP contribution in [0.5, 0.6) is 0 Å². The van der Waals surface area contributed by atoms with Crippen LogP contribution in [0.25, 0.3) is 21.3 Å². The first-order valence-corrected chi connectivity index (χ1v) is 10.3. The lowest BCUT2D eigenvalue weighted by molar-refractivity contribution is 0.324. The Hall–Kier alpha value is -1.43. The van der Waals surface area contributed by atoms with Crippen LogP contribution in [0.3, 0.4) is 0 Å². The Labute approximate surface area is 152 Å². The van der Waals surface area contributed by atoms with E-state index in [-0.39, 0.29) is 0 Å². The fourth-order valence-electron chi connectivity index (χ4n) is 2.76. The highest BCUT2D eigenvalue weighted by atomic mass is 32.2. The molecule has 0 bridgehead atoms. The van der Waals surface area contributed by atoms with E-state index >= 15 is 0 Å². The first kappa shape index (κ1) is 17.4. The number of hydrogen-bond acceptors (Lipinski definition) is 5. The molecule has 2 heterocycles. The summed E-state index contributed by atoms with van der Waals surface area (Å²) in [5, 5.41) is 4.54. The van der Waals surface area contributed by atoms with Crippen LogP contribution in [0.1, 0.15) is 19.7 Å². The second kappa shape index (κ2) is 8.10. The van der Waals surface area contributed by atoms with Crippen LogP contribution < -0.4 is 0 Å². The molecular weight excluding hydrogens is 334 g/mol. The van der Waals surface area contributed by atoms with Gasteiger partial charge in [0.1, 0.15) is 15.7 Å². The molecule has 0 spiro atoms. The summed E-state index contributed by atoms with van der Waals surface area (Å²) in [5.74, 6) is 1.91. The average Bonchev–Trinajstić information content (AvgIpc) is 3.03. The van der Waals surface area contributed by atoms with Gasteiger partial charge in [-0.05, 0) is 25.6 Å². The van der Waals surface area contributed by atoms with E-state index in [0.29, 0.717) is 0 Å². The fourth-order valence-corrected chi connectivity index (χ4v) is 4.91. The Morgan fingerprint density at radius 3 is 2.54 bits per heavy atom. The number of rotatable bonds is 7. The molecule has 24 heavy (non-hydrogen) atoms. The Kier molecular flexibility index (Phi) is 5.87. The largest absolute Gasteiger partial charge is 0.303 e. The van der Waals surface area contributed by atoms with Gasteiger partial charge in [0.25, 0.3) is 0 Å². The SMILES string of the molecule is CCN(CC)CCSc1nc(C)nc2scc(-c3ccccc3)c12. The van der Waals surface area contributed by atoms with Crippen molar-refractivity contribution < 1.29 is 0 Å². The number of benzene rings is 1. The zero-order valence-electron chi connectivity index (χ0n) is 14.5. The number of hydrogen-bond donors (Lipinski definition) is 0. The summed E-state index contributed by atoms with van der Waals surface area (Å²) in [5.41, 5.74) is 2.49. The van der Waals surface area contributed by atoms with Gasteiger partial charge in [-0.1, -0.05) is 44.2 Å². The van der Waals surface area contributed by atoms with Crippen molar-refractivity contribution in [3.63, 3.8) is 0 Å². The maximum Gasteiger partial charge on any atom is 0.128 e. The minimum Gasteiger partial charge on any atom is -0.303 e.